The van der Waals surface area contributed by atoms with E-state index in [0.29, 0.717) is 6.42 Å². The van der Waals surface area contributed by atoms with Gasteiger partial charge in [-0.05, 0) is 0 Å². The van der Waals surface area contributed by atoms with Crippen LogP contribution in [0.15, 0.2) is 115 Å². The number of amides is 1. The Morgan fingerprint density at radius 1 is 0.703 bits per heavy atom. The molecule has 7 heteroatoms. The first-order chi connectivity index (χ1) is 17.8. The van der Waals surface area contributed by atoms with Crippen molar-refractivity contribution in [1.82, 2.24) is 0 Å². The number of hydrogen-bond donors (Lipinski definition) is 1. The van der Waals surface area contributed by atoms with Crippen LogP contribution in [0, 0.1) is 0 Å². The van der Waals surface area contributed by atoms with Gasteiger partial charge in [0.25, 0.3) is 0 Å². The molecule has 1 amide bonds. The maximum atomic E-state index is 13.2. The van der Waals surface area contributed by atoms with Crippen LogP contribution in [0.1, 0.15) is 12.8 Å². The van der Waals surface area contributed by atoms with Gasteiger partial charge in [0, 0.05) is 0 Å². The van der Waals surface area contributed by atoms with Gasteiger partial charge in [-0.25, -0.2) is 0 Å². The van der Waals surface area contributed by atoms with Crippen molar-refractivity contribution in [3.63, 3.8) is 0 Å². The molecule has 1 saturated heterocycles. The summed E-state index contributed by atoms with van der Waals surface area (Å²) in [6, 6.07) is 40.9. The van der Waals surface area contributed by atoms with Crippen molar-refractivity contribution in [1.29, 1.82) is 0 Å². The van der Waals surface area contributed by atoms with Crippen LogP contribution in [-0.2, 0) is 4.79 Å². The molecule has 5 rings (SSSR count). The topological polar surface area (TPSA) is 29.1 Å². The number of carbonyl (C=O) groups excluding carboxylic acids is 1. The molecule has 37 heavy (non-hydrogen) atoms. The predicted octanol–water partition coefficient (Wildman–Crippen LogP) is 2.58. The van der Waals surface area contributed by atoms with Gasteiger partial charge in [-0.1, -0.05) is 18.2 Å². The van der Waals surface area contributed by atoms with E-state index in [4.69, 9.17) is 0 Å². The molecule has 4 aromatic rings. The van der Waals surface area contributed by atoms with Crippen LogP contribution < -0.4 is 38.0 Å². The fraction of sp³-hybridized carbons (Fsp3) is 0.167. The number of rotatable bonds is 8. The summed E-state index contributed by atoms with van der Waals surface area (Å²) in [6.07, 6.45) is 2.59. The van der Waals surface area contributed by atoms with Crippen LogP contribution in [0.4, 0.5) is 5.69 Å². The van der Waals surface area contributed by atoms with Gasteiger partial charge in [0.15, 0.2) is 0 Å². The molecule has 0 bridgehead atoms. The fourth-order valence-electron chi connectivity index (χ4n) is 4.58. The molecular weight excluding hydrogens is 596 g/mol. The Morgan fingerprint density at radius 3 is 1.62 bits per heavy atom. The molecule has 1 fully saturated rings. The molecular formula is C30H30AsClNOPS2. The standard InChI is InChI=1S/C30H29AsNOPS2.ClH/c33-30(32-26-19-17-25(18-20-26)31-35-23-10-24-36-31)21-22-34(27-11-4-1-5-12-27,28-13-6-2-7-14-28)29-15-8-3-9-16-29;/h1-9,11-20H,10,21-24H2;1H. The Balaban J connectivity index is 0.00000320. The first kappa shape index (κ1) is 28.3. The van der Waals surface area contributed by atoms with Gasteiger partial charge in [0.05, 0.1) is 0 Å². The zero-order valence-corrected chi connectivity index (χ0v) is 25.7. The van der Waals surface area contributed by atoms with E-state index in [1.165, 1.54) is 38.2 Å². The second kappa shape index (κ2) is 13.9. The van der Waals surface area contributed by atoms with Gasteiger partial charge in [0.2, 0.25) is 0 Å². The van der Waals surface area contributed by atoms with Crippen LogP contribution in [0.3, 0.4) is 0 Å². The summed E-state index contributed by atoms with van der Waals surface area (Å²) in [5, 5.41) is 7.12. The van der Waals surface area contributed by atoms with Crippen LogP contribution in [0.5, 0.6) is 0 Å². The van der Waals surface area contributed by atoms with E-state index in [1.807, 2.05) is 0 Å². The number of nitrogens with one attached hydrogen (secondary N) is 1. The van der Waals surface area contributed by atoms with Crippen LogP contribution in [0.25, 0.3) is 0 Å². The second-order valence-corrected chi connectivity index (χ2v) is 24.0. The molecule has 1 aliphatic heterocycles. The van der Waals surface area contributed by atoms with Crippen molar-refractivity contribution < 1.29 is 17.2 Å². The number of anilines is 1. The molecule has 1 heterocycles. The summed E-state index contributed by atoms with van der Waals surface area (Å²) in [5.74, 6) is 2.66. The van der Waals surface area contributed by atoms with E-state index in [2.05, 4.69) is 141 Å². The zero-order chi connectivity index (χ0) is 24.6. The van der Waals surface area contributed by atoms with Gasteiger partial charge in [-0.3, -0.25) is 0 Å². The van der Waals surface area contributed by atoms with Crippen molar-refractivity contribution >= 4 is 71.5 Å². The largest absolute Gasteiger partial charge is 1.00 e. The van der Waals surface area contributed by atoms with Gasteiger partial charge in [-0.2, -0.15) is 0 Å². The van der Waals surface area contributed by atoms with E-state index in [9.17, 15) is 4.79 Å². The normalized spacial score (nSPS) is 13.9. The fourth-order valence-corrected chi connectivity index (χ4v) is 21.9. The van der Waals surface area contributed by atoms with E-state index < -0.39 is 19.6 Å². The second-order valence-electron chi connectivity index (χ2n) is 8.66. The van der Waals surface area contributed by atoms with Crippen LogP contribution >= 0.6 is 27.3 Å². The Bertz CT molecular complexity index is 1160. The molecule has 0 unspecified atom stereocenters. The monoisotopic (exact) mass is 625 g/mol. The third kappa shape index (κ3) is 6.86. The molecule has 0 atom stereocenters. The Hall–Kier alpha value is -1.67. The minimum atomic E-state index is -2.00. The quantitative estimate of drug-likeness (QED) is 0.241. The van der Waals surface area contributed by atoms with Gasteiger partial charge < -0.3 is 12.4 Å². The van der Waals surface area contributed by atoms with Crippen molar-refractivity contribution in [3.8, 4) is 0 Å². The molecule has 0 aromatic heterocycles. The molecule has 0 saturated carbocycles. The SMILES string of the molecule is O=C(CC[P+](c1ccccc1)(c1ccccc1)c1ccccc1)Nc1ccc([As]2SCCCS2)cc1.[Cl-]. The van der Waals surface area contributed by atoms with E-state index in [1.54, 1.807) is 0 Å². The summed E-state index contributed by atoms with van der Waals surface area (Å²) in [7, 11) is 2.33. The number of benzene rings is 4. The van der Waals surface area contributed by atoms with E-state index >= 15 is 0 Å². The summed E-state index contributed by atoms with van der Waals surface area (Å²) in [5.41, 5.74) is 0.896. The third-order valence-corrected chi connectivity index (χ3v) is 24.4. The molecule has 4 aromatic carbocycles. The first-order valence-corrected chi connectivity index (χ1v) is 21.7. The number of halogens is 1. The third-order valence-electron chi connectivity index (χ3n) is 6.33. The summed E-state index contributed by atoms with van der Waals surface area (Å²) < 4.78 is 1.48. The van der Waals surface area contributed by atoms with Gasteiger partial charge in [-0.15, -0.1) is 0 Å². The van der Waals surface area contributed by atoms with Gasteiger partial charge in [0.1, 0.15) is 0 Å². The minimum absolute atomic E-state index is 0. The molecule has 1 aliphatic rings. The Labute approximate surface area is 238 Å². The molecule has 0 aliphatic carbocycles. The van der Waals surface area contributed by atoms with Crippen LogP contribution in [-0.4, -0.2) is 35.9 Å². The van der Waals surface area contributed by atoms with E-state index in [0.717, 1.165) is 11.8 Å². The molecule has 0 radical (unpaired) electrons. The molecule has 190 valence electrons. The smallest absolute Gasteiger partial charge is 1.00 e. The minimum Gasteiger partial charge on any atom is -1.00 e. The Morgan fingerprint density at radius 2 is 1.16 bits per heavy atom. The van der Waals surface area contributed by atoms with Crippen molar-refractivity contribution in [2.45, 2.75) is 12.8 Å². The summed E-state index contributed by atoms with van der Waals surface area (Å²) in [4.78, 5) is 13.2. The summed E-state index contributed by atoms with van der Waals surface area (Å²) >= 11 is -1.03. The van der Waals surface area contributed by atoms with Gasteiger partial charge >= 0.3 is 209 Å². The van der Waals surface area contributed by atoms with Crippen molar-refractivity contribution in [2.75, 3.05) is 23.0 Å². The predicted molar refractivity (Wildman–Crippen MR) is 165 cm³/mol. The number of hydrogen-bond acceptors (Lipinski definition) is 3. The van der Waals surface area contributed by atoms with Crippen molar-refractivity contribution in [2.24, 2.45) is 0 Å². The zero-order valence-electron chi connectivity index (χ0n) is 20.5. The Kier molecular flexibility index (Phi) is 10.7. The maximum Gasteiger partial charge on any atom is -1.00 e. The molecule has 0 spiro atoms. The maximum absolute atomic E-state index is 13.2. The van der Waals surface area contributed by atoms with E-state index in [-0.39, 0.29) is 18.3 Å². The van der Waals surface area contributed by atoms with Crippen molar-refractivity contribution in [3.05, 3.63) is 115 Å². The molecule has 2 nitrogen and oxygen atoms in total. The summed E-state index contributed by atoms with van der Waals surface area (Å²) in [6.45, 7) is 0. The molecule has 1 N–H and O–H groups in total. The first-order valence-electron chi connectivity index (χ1n) is 12.3. The van der Waals surface area contributed by atoms with Crippen LogP contribution in [0.2, 0.25) is 0 Å². The number of carbonyl (C=O) groups is 1. The average Bonchev–Trinajstić information content (AvgIpc) is 2.96. The average molecular weight is 626 g/mol.